The van der Waals surface area contributed by atoms with Gasteiger partial charge in [-0.15, -0.1) is 30.6 Å². The molecule has 608 valence electrons. The van der Waals surface area contributed by atoms with Crippen molar-refractivity contribution >= 4 is 91.5 Å². The van der Waals surface area contributed by atoms with E-state index in [0.717, 1.165) is 171 Å². The Bertz CT molecular complexity index is 5290. The Kier molecular flexibility index (Phi) is 24.2. The van der Waals surface area contributed by atoms with Crippen molar-refractivity contribution in [2.75, 3.05) is 23.5 Å². The van der Waals surface area contributed by atoms with Gasteiger partial charge in [0.25, 0.3) is 0 Å². The first-order chi connectivity index (χ1) is 56.4. The van der Waals surface area contributed by atoms with Gasteiger partial charge in [0, 0.05) is 103 Å². The number of allylic oxidation sites excluding steroid dienone is 4. The van der Waals surface area contributed by atoms with Crippen molar-refractivity contribution < 1.29 is 46.9 Å². The Morgan fingerprint density at radius 2 is 0.752 bits per heavy atom. The summed E-state index contributed by atoms with van der Waals surface area (Å²) in [5, 5.41) is 48.9. The molecule has 6 N–H and O–H groups in total. The van der Waals surface area contributed by atoms with E-state index < -0.39 is 12.3 Å². The summed E-state index contributed by atoms with van der Waals surface area (Å²) in [5.74, 6) is -0.728. The van der Waals surface area contributed by atoms with E-state index in [9.17, 15) is 42.2 Å². The highest BCUT2D eigenvalue weighted by molar-refractivity contribution is 7.14. The van der Waals surface area contributed by atoms with Gasteiger partial charge < -0.3 is 49.6 Å². The number of carbonyl (C=O) groups is 3. The van der Waals surface area contributed by atoms with Gasteiger partial charge in [0.2, 0.25) is 27.2 Å². The zero-order valence-electron chi connectivity index (χ0n) is 65.7. The predicted molar refractivity (Wildman–Crippen MR) is 445 cm³/mol. The van der Waals surface area contributed by atoms with E-state index in [4.69, 9.17) is 10.5 Å². The molecule has 19 rings (SSSR count). The maximum absolute atomic E-state index is 13.3. The Hall–Kier alpha value is -10.8. The van der Waals surface area contributed by atoms with Gasteiger partial charge in [-0.3, -0.25) is 14.4 Å². The number of nitrogens with two attached hydrogens (primary N) is 1. The smallest absolute Gasteiger partial charge is 0.303 e. The molecule has 8 aliphatic rings. The molecule has 11 heterocycles. The molecule has 0 spiro atoms. The maximum Gasteiger partial charge on any atom is 0.303 e. The number of amides is 2. The van der Waals surface area contributed by atoms with Crippen LogP contribution in [0.3, 0.4) is 0 Å². The second-order valence-electron chi connectivity index (χ2n) is 32.5. The second-order valence-corrected chi connectivity index (χ2v) is 35.0. The van der Waals surface area contributed by atoms with Crippen molar-refractivity contribution in [3.05, 3.63) is 207 Å². The molecule has 4 aromatic carbocycles. The van der Waals surface area contributed by atoms with Gasteiger partial charge in [-0.2, -0.15) is 0 Å². The van der Waals surface area contributed by atoms with Crippen LogP contribution in [0.15, 0.2) is 161 Å². The number of carboxylic acids is 1. The zero-order valence-corrected chi connectivity index (χ0v) is 68.2. The van der Waals surface area contributed by atoms with E-state index in [-0.39, 0.29) is 80.9 Å². The van der Waals surface area contributed by atoms with Gasteiger partial charge in [-0.1, -0.05) is 84.0 Å². The third kappa shape index (κ3) is 17.6. The average Bonchev–Trinajstić information content (AvgIpc) is 1.70. The van der Waals surface area contributed by atoms with Crippen molar-refractivity contribution in [2.45, 2.75) is 163 Å². The Balaban J connectivity index is 0.000000119. The number of rotatable bonds is 15. The first kappa shape index (κ1) is 81.4. The summed E-state index contributed by atoms with van der Waals surface area (Å²) in [6, 6.07) is 25.9. The molecule has 4 saturated carbocycles. The number of anilines is 3. The lowest BCUT2D eigenvalue weighted by Gasteiger charge is -2.46. The van der Waals surface area contributed by atoms with Crippen molar-refractivity contribution in [3.8, 4) is 45.0 Å². The average molecular weight is 1650 g/mol. The maximum atomic E-state index is 13.3. The first-order valence-electron chi connectivity index (χ1n) is 39.6. The quantitative estimate of drug-likeness (QED) is 0.0470. The van der Waals surface area contributed by atoms with E-state index >= 15 is 0 Å². The van der Waals surface area contributed by atoms with Gasteiger partial charge in [0.05, 0.1) is 70.9 Å². The molecule has 9 atom stereocenters. The van der Waals surface area contributed by atoms with Crippen LogP contribution in [-0.2, 0) is 45.3 Å². The molecule has 23 nitrogen and oxygen atoms in total. The van der Waals surface area contributed by atoms with E-state index in [1.54, 1.807) is 72.2 Å². The highest BCUT2D eigenvalue weighted by atomic mass is 32.1. The summed E-state index contributed by atoms with van der Waals surface area (Å²) in [6.07, 6.45) is 29.9. The summed E-state index contributed by atoms with van der Waals surface area (Å²) >= 11 is 3.99. The van der Waals surface area contributed by atoms with Crippen LogP contribution in [0.25, 0.3) is 69.3 Å². The van der Waals surface area contributed by atoms with Crippen molar-refractivity contribution in [1.29, 1.82) is 0 Å². The lowest BCUT2D eigenvalue weighted by molar-refractivity contribution is -0.139. The van der Waals surface area contributed by atoms with Crippen LogP contribution in [0.4, 0.5) is 33.0 Å². The third-order valence-corrected chi connectivity index (χ3v) is 27.1. The number of methoxy groups -OCH3 is 1. The van der Waals surface area contributed by atoms with Crippen molar-refractivity contribution in [3.63, 3.8) is 0 Å². The van der Waals surface area contributed by atoms with Crippen LogP contribution < -0.4 is 16.4 Å². The number of nitrogen functional groups attached to an aromatic ring is 1. The van der Waals surface area contributed by atoms with E-state index in [1.165, 1.54) is 105 Å². The van der Waals surface area contributed by atoms with Crippen LogP contribution >= 0.6 is 34.0 Å². The molecule has 4 aliphatic carbocycles. The molecule has 4 aliphatic heterocycles. The number of aliphatic hydroxyl groups excluding tert-OH is 1. The number of nitrogens with zero attached hydrogens (tertiary/aromatic N) is 14. The van der Waals surface area contributed by atoms with Gasteiger partial charge in [-0.05, 0) is 222 Å². The SMILES string of the molecule is COC(O)C[C@H]1CCCC2=Cc3c(-c4ccc(F)cc4)ncn3C[C@@]21C.C[C@]12Cn3cnc(-c4ccc(F)cc4)c3C=C1CCC[C@@H]2CC(=O)Nc1nncs1.C[C@]12Cn3cnc(-c4ccc(F)cc4)c3C=C1CCC[C@@H]2CC(=O)Nc1nncs1.C[C@]12Cn3cnc(-c4ccc(F)cc4)c3C=C1CCC[C@@H]2CC(=O)O.Nc1nncs1. The van der Waals surface area contributed by atoms with Crippen LogP contribution in [-0.4, -0.2) is 110 Å². The second kappa shape index (κ2) is 34.8. The number of aliphatic carboxylic acids is 1. The number of aromatic nitrogens is 14. The highest BCUT2D eigenvalue weighted by Crippen LogP contribution is 2.56. The fourth-order valence-electron chi connectivity index (χ4n) is 18.9. The number of nitrogens with one attached hydrogen (secondary N) is 2. The monoisotopic (exact) mass is 1640 g/mol. The number of halogens is 4. The Labute approximate surface area is 687 Å². The lowest BCUT2D eigenvalue weighted by Crippen LogP contribution is -2.41. The minimum absolute atomic E-state index is 0.00548. The molecule has 2 amide bonds. The topological polar surface area (TPSA) is 300 Å². The minimum Gasteiger partial charge on any atom is -0.481 e. The number of hydrogen-bond acceptors (Lipinski definition) is 19. The highest BCUT2D eigenvalue weighted by Gasteiger charge is 2.48. The molecule has 1 unspecified atom stereocenters. The normalized spacial score (nSPS) is 23.2. The predicted octanol–water partition coefficient (Wildman–Crippen LogP) is 18.3. The largest absolute Gasteiger partial charge is 0.481 e. The molecule has 4 fully saturated rings. The summed E-state index contributed by atoms with van der Waals surface area (Å²) in [5.41, 5.74) is 26.5. The number of fused-ring (bicyclic) bond motifs is 8. The summed E-state index contributed by atoms with van der Waals surface area (Å²) in [6.45, 7) is 12.2. The number of hydrogen-bond donors (Lipinski definition) is 5. The Morgan fingerprint density at radius 1 is 0.462 bits per heavy atom. The number of carboxylic acid groups (broad SMARTS) is 1. The van der Waals surface area contributed by atoms with Crippen molar-refractivity contribution in [2.24, 2.45) is 45.3 Å². The van der Waals surface area contributed by atoms with E-state index in [0.29, 0.717) is 40.6 Å². The molecular formula is C87H93F4N17O6S3. The van der Waals surface area contributed by atoms with Gasteiger partial charge in [0.1, 0.15) is 39.8 Å². The summed E-state index contributed by atoms with van der Waals surface area (Å²) in [4.78, 5) is 54.9. The number of aliphatic hydroxyl groups is 1. The fourth-order valence-corrected chi connectivity index (χ4v) is 20.1. The molecule has 11 aromatic rings. The van der Waals surface area contributed by atoms with Crippen LogP contribution in [0.5, 0.6) is 0 Å². The van der Waals surface area contributed by atoms with Gasteiger partial charge in [0.15, 0.2) is 6.29 Å². The molecule has 7 aromatic heterocycles. The molecular weight excluding hydrogens is 1550 g/mol. The summed E-state index contributed by atoms with van der Waals surface area (Å²) in [7, 11) is 1.55. The fraction of sp³-hybridized carbons (Fsp3) is 0.391. The third-order valence-electron chi connectivity index (χ3n) is 25.4. The number of carbonyl (C=O) groups excluding carboxylic acids is 2. The molecule has 0 bridgehead atoms. The Morgan fingerprint density at radius 3 is 1.02 bits per heavy atom. The first-order valence-corrected chi connectivity index (χ1v) is 42.2. The van der Waals surface area contributed by atoms with Crippen LogP contribution in [0.2, 0.25) is 0 Å². The molecule has 117 heavy (non-hydrogen) atoms. The van der Waals surface area contributed by atoms with Crippen molar-refractivity contribution in [1.82, 2.24) is 68.8 Å². The number of imidazole rings is 4. The van der Waals surface area contributed by atoms with Gasteiger partial charge >= 0.3 is 5.97 Å². The molecule has 0 saturated heterocycles. The van der Waals surface area contributed by atoms with Crippen LogP contribution in [0, 0.1) is 68.6 Å². The lowest BCUT2D eigenvalue weighted by atomic mass is 9.62. The van der Waals surface area contributed by atoms with E-state index in [2.05, 4.69) is 131 Å². The minimum atomic E-state index is -0.726. The number of ether oxygens (including phenoxy) is 1. The molecule has 30 heteroatoms. The standard InChI is InChI=1S/2C22H22FN5OS.C21H25FN2O2.C20H21FN2O2.C2H3N3S/c2*1-22-11-28-12-24-20(14-5-7-17(23)8-6-14)18(28)9-15(22)3-2-4-16(22)10-19(29)26-21-27-25-13-30-21;1-21-12-24-13-23-20(14-6-8-17(22)9-7-14)18(24)10-15(21)4-3-5-16(21)11-19(25)26-2;1-20-11-23-12-22-19(13-5-7-16(21)8-6-13)17(23)9-14(20)3-2-4-15(20)10-18(24)25;3-2-5-4-1-6-2/h2*5-9,12-13,16H,2-4,10-11H2,1H3,(H,26,27,29);6-10,13,16,19,25H,3-5,11-12H2,1-2H3;5-9,12,15H,2-4,10-11H2,1H3,(H,24,25);1H,(H2,3,5)/t2*16-,22+;16-,19?,21+;15-,20+;/m1111./s1. The number of benzene rings is 4. The molecule has 0 radical (unpaired) electrons. The van der Waals surface area contributed by atoms with E-state index in [1.807, 2.05) is 25.3 Å². The summed E-state index contributed by atoms with van der Waals surface area (Å²) < 4.78 is 66.9. The van der Waals surface area contributed by atoms with Crippen LogP contribution in [0.1, 0.15) is 153 Å². The zero-order chi connectivity index (χ0) is 81.8. The van der Waals surface area contributed by atoms with Gasteiger partial charge in [-0.25, -0.2) is 37.5 Å².